The Morgan fingerprint density at radius 2 is 2.10 bits per heavy atom. The number of rotatable bonds is 5. The summed E-state index contributed by atoms with van der Waals surface area (Å²) in [7, 11) is 1.90. The van der Waals surface area contributed by atoms with Crippen molar-refractivity contribution in [2.45, 2.75) is 51.2 Å². The quantitative estimate of drug-likeness (QED) is 0.902. The lowest BCUT2D eigenvalue weighted by Crippen LogP contribution is -2.14. The number of nitrogens with zero attached hydrogens (tertiary/aromatic N) is 5. The largest absolute Gasteiger partial charge is 0.313 e. The van der Waals surface area contributed by atoms with Crippen LogP contribution in [0.3, 0.4) is 0 Å². The number of hydrogen-bond donors (Lipinski definition) is 1. The van der Waals surface area contributed by atoms with Gasteiger partial charge < -0.3 is 5.32 Å². The predicted molar refractivity (Wildman–Crippen MR) is 76.2 cm³/mol. The first-order valence-corrected chi connectivity index (χ1v) is 7.42. The van der Waals surface area contributed by atoms with Gasteiger partial charge >= 0.3 is 0 Å². The second-order valence-electron chi connectivity index (χ2n) is 5.47. The second-order valence-corrected chi connectivity index (χ2v) is 5.47. The molecule has 2 aromatic rings. The highest BCUT2D eigenvalue weighted by Crippen LogP contribution is 2.27. The lowest BCUT2D eigenvalue weighted by atomic mass is 9.96. The van der Waals surface area contributed by atoms with Gasteiger partial charge in [0.25, 0.3) is 0 Å². The Bertz CT molecular complexity index is 537. The molecule has 2 aromatic heterocycles. The van der Waals surface area contributed by atoms with Gasteiger partial charge in [-0.05, 0) is 26.0 Å². The van der Waals surface area contributed by atoms with Crippen LogP contribution in [0.2, 0.25) is 0 Å². The van der Waals surface area contributed by atoms with E-state index in [1.54, 1.807) is 6.33 Å². The molecule has 0 aliphatic heterocycles. The molecule has 20 heavy (non-hydrogen) atoms. The van der Waals surface area contributed by atoms with Crippen LogP contribution in [0.5, 0.6) is 0 Å². The number of nitrogens with one attached hydrogen (secondary N) is 1. The van der Waals surface area contributed by atoms with Crippen LogP contribution in [-0.4, -0.2) is 31.6 Å². The third-order valence-corrected chi connectivity index (χ3v) is 3.86. The van der Waals surface area contributed by atoms with Crippen molar-refractivity contribution < 1.29 is 0 Å². The molecule has 1 aliphatic rings. The van der Waals surface area contributed by atoms with Gasteiger partial charge in [0.2, 0.25) is 0 Å². The Hall–Kier alpha value is -1.69. The Kier molecular flexibility index (Phi) is 4.11. The number of hydrogen-bond acceptors (Lipinski definition) is 4. The minimum Gasteiger partial charge on any atom is -0.313 e. The maximum atomic E-state index is 4.70. The van der Waals surface area contributed by atoms with Crippen molar-refractivity contribution in [2.24, 2.45) is 0 Å². The molecule has 0 atom stereocenters. The average molecular weight is 274 g/mol. The topological polar surface area (TPSA) is 60.6 Å². The van der Waals surface area contributed by atoms with Crippen molar-refractivity contribution in [3.8, 4) is 0 Å². The molecule has 1 N–H and O–H groups in total. The molecule has 0 saturated heterocycles. The average Bonchev–Trinajstić information content (AvgIpc) is 3.11. The maximum Gasteiger partial charge on any atom is 0.164 e. The lowest BCUT2D eigenvalue weighted by molar-refractivity contribution is 0.327. The van der Waals surface area contributed by atoms with E-state index < -0.39 is 0 Å². The molecule has 1 fully saturated rings. The SMILES string of the molecule is CNCc1ncn(Cc2ccn(C3CCCCC3)n2)n1. The molecule has 0 radical (unpaired) electrons. The predicted octanol–water partition coefficient (Wildman–Crippen LogP) is 1.75. The van der Waals surface area contributed by atoms with Crippen molar-refractivity contribution in [3.63, 3.8) is 0 Å². The lowest BCUT2D eigenvalue weighted by Gasteiger charge is -2.21. The van der Waals surface area contributed by atoms with Gasteiger partial charge in [0, 0.05) is 6.20 Å². The molecule has 3 rings (SSSR count). The van der Waals surface area contributed by atoms with Gasteiger partial charge in [-0.3, -0.25) is 4.68 Å². The molecule has 0 bridgehead atoms. The molecule has 108 valence electrons. The highest BCUT2D eigenvalue weighted by Gasteiger charge is 2.16. The summed E-state index contributed by atoms with van der Waals surface area (Å²) in [5.74, 6) is 0.819. The van der Waals surface area contributed by atoms with Gasteiger partial charge in [-0.1, -0.05) is 19.3 Å². The van der Waals surface area contributed by atoms with E-state index in [1.807, 2.05) is 11.7 Å². The minimum absolute atomic E-state index is 0.591. The van der Waals surface area contributed by atoms with Gasteiger partial charge in [0.1, 0.15) is 6.33 Å². The van der Waals surface area contributed by atoms with Crippen molar-refractivity contribution in [3.05, 3.63) is 30.1 Å². The first-order chi connectivity index (χ1) is 9.85. The monoisotopic (exact) mass is 274 g/mol. The minimum atomic E-state index is 0.591. The molecule has 0 amide bonds. The van der Waals surface area contributed by atoms with Crippen LogP contribution >= 0.6 is 0 Å². The van der Waals surface area contributed by atoms with E-state index in [4.69, 9.17) is 5.10 Å². The molecular formula is C14H22N6. The van der Waals surface area contributed by atoms with Crippen LogP contribution in [-0.2, 0) is 13.1 Å². The fourth-order valence-electron chi connectivity index (χ4n) is 2.83. The van der Waals surface area contributed by atoms with Gasteiger partial charge in [-0.2, -0.15) is 10.2 Å². The Labute approximate surface area is 119 Å². The van der Waals surface area contributed by atoms with Crippen LogP contribution in [0.15, 0.2) is 18.6 Å². The standard InChI is InChI=1S/C14H22N6/c1-15-9-14-16-11-19(18-14)10-12-7-8-20(17-12)13-5-3-2-4-6-13/h7-8,11,13,15H,2-6,9-10H2,1H3. The molecule has 2 heterocycles. The summed E-state index contributed by atoms with van der Waals surface area (Å²) in [6.45, 7) is 1.39. The van der Waals surface area contributed by atoms with E-state index >= 15 is 0 Å². The van der Waals surface area contributed by atoms with E-state index in [2.05, 4.69) is 32.3 Å². The molecule has 6 nitrogen and oxygen atoms in total. The van der Waals surface area contributed by atoms with E-state index in [9.17, 15) is 0 Å². The summed E-state index contributed by atoms with van der Waals surface area (Å²) in [5, 5.41) is 12.2. The smallest absolute Gasteiger partial charge is 0.164 e. The zero-order valence-corrected chi connectivity index (χ0v) is 12.0. The summed E-state index contributed by atoms with van der Waals surface area (Å²) in [4.78, 5) is 4.25. The normalized spacial score (nSPS) is 16.6. The van der Waals surface area contributed by atoms with Crippen LogP contribution < -0.4 is 5.32 Å². The molecule has 0 spiro atoms. The fraction of sp³-hybridized carbons (Fsp3) is 0.643. The highest BCUT2D eigenvalue weighted by atomic mass is 15.4. The van der Waals surface area contributed by atoms with E-state index in [0.29, 0.717) is 19.1 Å². The Balaban J connectivity index is 1.63. The van der Waals surface area contributed by atoms with Crippen molar-refractivity contribution in [1.82, 2.24) is 29.9 Å². The van der Waals surface area contributed by atoms with Crippen LogP contribution in [0.4, 0.5) is 0 Å². The second kappa shape index (κ2) is 6.17. The number of aromatic nitrogens is 5. The van der Waals surface area contributed by atoms with E-state index in [-0.39, 0.29) is 0 Å². The summed E-state index contributed by atoms with van der Waals surface area (Å²) in [6, 6.07) is 2.68. The van der Waals surface area contributed by atoms with Crippen molar-refractivity contribution in [2.75, 3.05) is 7.05 Å². The van der Waals surface area contributed by atoms with Crippen LogP contribution in [0.1, 0.15) is 49.7 Å². The summed E-state index contributed by atoms with van der Waals surface area (Å²) >= 11 is 0. The maximum absolute atomic E-state index is 4.70. The molecular weight excluding hydrogens is 252 g/mol. The molecule has 1 aliphatic carbocycles. The third-order valence-electron chi connectivity index (χ3n) is 3.86. The molecule has 0 aromatic carbocycles. The zero-order chi connectivity index (χ0) is 13.8. The summed E-state index contributed by atoms with van der Waals surface area (Å²) < 4.78 is 3.99. The van der Waals surface area contributed by atoms with E-state index in [1.165, 1.54) is 32.1 Å². The van der Waals surface area contributed by atoms with E-state index in [0.717, 1.165) is 11.5 Å². The molecule has 1 saturated carbocycles. The first kappa shape index (κ1) is 13.3. The van der Waals surface area contributed by atoms with Crippen molar-refractivity contribution in [1.29, 1.82) is 0 Å². The Morgan fingerprint density at radius 3 is 2.90 bits per heavy atom. The zero-order valence-electron chi connectivity index (χ0n) is 12.0. The van der Waals surface area contributed by atoms with Crippen molar-refractivity contribution >= 4 is 0 Å². The third kappa shape index (κ3) is 3.07. The summed E-state index contributed by atoms with van der Waals surface area (Å²) in [5.41, 5.74) is 1.05. The fourth-order valence-corrected chi connectivity index (χ4v) is 2.83. The molecule has 0 unspecified atom stereocenters. The summed E-state index contributed by atoms with van der Waals surface area (Å²) in [6.07, 6.45) is 10.4. The first-order valence-electron chi connectivity index (χ1n) is 7.42. The Morgan fingerprint density at radius 1 is 1.25 bits per heavy atom. The highest BCUT2D eigenvalue weighted by molar-refractivity contribution is 5.00. The van der Waals surface area contributed by atoms with Gasteiger partial charge in [-0.15, -0.1) is 0 Å². The van der Waals surface area contributed by atoms with Gasteiger partial charge in [0.05, 0.1) is 24.8 Å². The molecule has 6 heteroatoms. The van der Waals surface area contributed by atoms with Crippen LogP contribution in [0.25, 0.3) is 0 Å². The van der Waals surface area contributed by atoms with Crippen LogP contribution in [0, 0.1) is 0 Å². The van der Waals surface area contributed by atoms with Gasteiger partial charge in [-0.25, -0.2) is 9.67 Å². The van der Waals surface area contributed by atoms with Gasteiger partial charge in [0.15, 0.2) is 5.82 Å².